The van der Waals surface area contributed by atoms with Gasteiger partial charge in [0.15, 0.2) is 0 Å². The highest BCUT2D eigenvalue weighted by Gasteiger charge is 2.43. The number of hydrogen-bond donors (Lipinski definition) is 1. The minimum Gasteiger partial charge on any atom is -0.398 e. The van der Waals surface area contributed by atoms with Gasteiger partial charge in [-0.25, -0.2) is 0 Å². The molecule has 1 heterocycles. The number of carbonyl (C=O) groups excluding carboxylic acids is 1. The number of fused-ring (bicyclic) bond motifs is 1. The van der Waals surface area contributed by atoms with Crippen LogP contribution in [0.15, 0.2) is 42.5 Å². The van der Waals surface area contributed by atoms with Crippen molar-refractivity contribution >= 4 is 28.9 Å². The molecule has 3 nitrogen and oxygen atoms in total. The fraction of sp³-hybridized carbons (Fsp3) is 0.235. The lowest BCUT2D eigenvalue weighted by Gasteiger charge is -2.21. The fourth-order valence-electron chi connectivity index (χ4n) is 2.86. The average molecular weight is 301 g/mol. The number of benzene rings is 2. The molecule has 1 aliphatic rings. The number of amides is 1. The van der Waals surface area contributed by atoms with Gasteiger partial charge >= 0.3 is 0 Å². The molecule has 0 spiro atoms. The zero-order chi connectivity index (χ0) is 15.2. The molecular weight excluding hydrogens is 284 g/mol. The number of nitrogens with zero attached hydrogens (tertiary/aromatic N) is 1. The number of anilines is 2. The van der Waals surface area contributed by atoms with E-state index < -0.39 is 5.41 Å². The number of hydrogen-bond acceptors (Lipinski definition) is 2. The van der Waals surface area contributed by atoms with E-state index in [0.717, 1.165) is 16.8 Å². The Kier molecular flexibility index (Phi) is 3.18. The third-order valence-corrected chi connectivity index (χ3v) is 4.47. The van der Waals surface area contributed by atoms with Crippen LogP contribution >= 0.6 is 11.6 Å². The first-order valence-electron chi connectivity index (χ1n) is 6.87. The predicted octanol–water partition coefficient (Wildman–Crippen LogP) is 3.75. The SMILES string of the molecule is CC1(C)C(=O)N(Cc2c(N)cccc2Cl)c2ccccc21. The largest absolute Gasteiger partial charge is 0.398 e. The Hall–Kier alpha value is -2.00. The summed E-state index contributed by atoms with van der Waals surface area (Å²) in [5.74, 6) is 0.0722. The van der Waals surface area contributed by atoms with Gasteiger partial charge in [0.05, 0.1) is 12.0 Å². The molecule has 1 amide bonds. The Morgan fingerprint density at radius 3 is 2.57 bits per heavy atom. The number of carbonyl (C=O) groups is 1. The summed E-state index contributed by atoms with van der Waals surface area (Å²) in [6.45, 7) is 4.29. The summed E-state index contributed by atoms with van der Waals surface area (Å²) in [6.07, 6.45) is 0. The van der Waals surface area contributed by atoms with Gasteiger partial charge in [0.25, 0.3) is 0 Å². The highest BCUT2D eigenvalue weighted by molar-refractivity contribution is 6.31. The molecule has 2 N–H and O–H groups in total. The standard InChI is InChI=1S/C17H17ClN2O/c1-17(2)12-6-3-4-9-15(12)20(16(17)21)10-11-13(18)7-5-8-14(11)19/h3-9H,10,19H2,1-2H3. The molecule has 0 unspecified atom stereocenters. The van der Waals surface area contributed by atoms with Gasteiger partial charge in [-0.1, -0.05) is 35.9 Å². The van der Waals surface area contributed by atoms with Gasteiger partial charge in [-0.15, -0.1) is 0 Å². The van der Waals surface area contributed by atoms with E-state index in [-0.39, 0.29) is 5.91 Å². The second-order valence-electron chi connectivity index (χ2n) is 5.84. The van der Waals surface area contributed by atoms with Crippen molar-refractivity contribution < 1.29 is 4.79 Å². The lowest BCUT2D eigenvalue weighted by molar-refractivity contribution is -0.122. The molecule has 2 aromatic rings. The Balaban J connectivity index is 2.06. The molecule has 3 rings (SSSR count). The molecule has 0 aliphatic carbocycles. The number of nitrogens with two attached hydrogens (primary N) is 1. The molecular formula is C17H17ClN2O. The molecule has 4 heteroatoms. The lowest BCUT2D eigenvalue weighted by atomic mass is 9.86. The molecule has 0 fully saturated rings. The third kappa shape index (κ3) is 2.09. The van der Waals surface area contributed by atoms with Crippen LogP contribution in [0, 0.1) is 0 Å². The zero-order valence-electron chi connectivity index (χ0n) is 12.1. The van der Waals surface area contributed by atoms with Crippen LogP contribution in [-0.2, 0) is 16.8 Å². The first kappa shape index (κ1) is 14.0. The maximum absolute atomic E-state index is 12.8. The molecule has 0 atom stereocenters. The fourth-order valence-corrected chi connectivity index (χ4v) is 3.10. The van der Waals surface area contributed by atoms with Crippen LogP contribution in [0.3, 0.4) is 0 Å². The van der Waals surface area contributed by atoms with Gasteiger partial charge in [-0.3, -0.25) is 4.79 Å². The van der Waals surface area contributed by atoms with Gasteiger partial charge in [0, 0.05) is 22.0 Å². The van der Waals surface area contributed by atoms with Gasteiger partial charge in [0.1, 0.15) is 0 Å². The van der Waals surface area contributed by atoms with Crippen LogP contribution in [0.1, 0.15) is 25.0 Å². The van der Waals surface area contributed by atoms with E-state index in [2.05, 4.69) is 0 Å². The summed E-state index contributed by atoms with van der Waals surface area (Å²) < 4.78 is 0. The van der Waals surface area contributed by atoms with E-state index in [9.17, 15) is 4.79 Å². The van der Waals surface area contributed by atoms with E-state index in [1.807, 2.05) is 44.2 Å². The quantitative estimate of drug-likeness (QED) is 0.859. The summed E-state index contributed by atoms with van der Waals surface area (Å²) in [5, 5.41) is 0.588. The van der Waals surface area contributed by atoms with Crippen molar-refractivity contribution in [2.24, 2.45) is 0 Å². The Bertz CT molecular complexity index is 704. The van der Waals surface area contributed by atoms with Gasteiger partial charge < -0.3 is 10.6 Å². The number of nitrogen functional groups attached to an aromatic ring is 1. The molecule has 0 aromatic heterocycles. The van der Waals surface area contributed by atoms with Crippen molar-refractivity contribution in [1.29, 1.82) is 0 Å². The molecule has 21 heavy (non-hydrogen) atoms. The van der Waals surface area contributed by atoms with Crippen molar-refractivity contribution in [3.8, 4) is 0 Å². The average Bonchev–Trinajstić information content (AvgIpc) is 2.64. The van der Waals surface area contributed by atoms with Crippen molar-refractivity contribution in [2.45, 2.75) is 25.8 Å². The zero-order valence-corrected chi connectivity index (χ0v) is 12.8. The molecule has 0 bridgehead atoms. The third-order valence-electron chi connectivity index (χ3n) is 4.12. The topological polar surface area (TPSA) is 46.3 Å². The van der Waals surface area contributed by atoms with Crippen molar-refractivity contribution in [3.63, 3.8) is 0 Å². The van der Waals surface area contributed by atoms with Gasteiger partial charge in [0.2, 0.25) is 5.91 Å². The predicted molar refractivity (Wildman–Crippen MR) is 86.5 cm³/mol. The summed E-state index contributed by atoms with van der Waals surface area (Å²) in [4.78, 5) is 14.5. The first-order valence-corrected chi connectivity index (χ1v) is 7.25. The summed E-state index contributed by atoms with van der Waals surface area (Å²) in [6, 6.07) is 13.3. The van der Waals surface area contributed by atoms with Crippen LogP contribution in [0.5, 0.6) is 0 Å². The smallest absolute Gasteiger partial charge is 0.237 e. The lowest BCUT2D eigenvalue weighted by Crippen LogP contribution is -2.36. The van der Waals surface area contributed by atoms with Crippen molar-refractivity contribution in [2.75, 3.05) is 10.6 Å². The highest BCUT2D eigenvalue weighted by Crippen LogP contribution is 2.42. The van der Waals surface area contributed by atoms with Crippen LogP contribution in [0.25, 0.3) is 0 Å². The Morgan fingerprint density at radius 2 is 1.86 bits per heavy atom. The van der Waals surface area contributed by atoms with E-state index in [0.29, 0.717) is 17.3 Å². The van der Waals surface area contributed by atoms with E-state index in [1.165, 1.54) is 0 Å². The Labute approximate surface area is 129 Å². The first-order chi connectivity index (χ1) is 9.93. The molecule has 0 radical (unpaired) electrons. The van der Waals surface area contributed by atoms with Crippen molar-refractivity contribution in [3.05, 3.63) is 58.6 Å². The van der Waals surface area contributed by atoms with Crippen LogP contribution in [0.4, 0.5) is 11.4 Å². The van der Waals surface area contributed by atoms with Crippen LogP contribution in [-0.4, -0.2) is 5.91 Å². The summed E-state index contributed by atoms with van der Waals surface area (Å²) in [7, 11) is 0. The number of halogens is 1. The van der Waals surface area contributed by atoms with E-state index in [1.54, 1.807) is 17.0 Å². The van der Waals surface area contributed by atoms with Gasteiger partial charge in [-0.2, -0.15) is 0 Å². The number of rotatable bonds is 2. The number of para-hydroxylation sites is 1. The molecule has 1 aliphatic heterocycles. The maximum Gasteiger partial charge on any atom is 0.237 e. The molecule has 108 valence electrons. The second-order valence-corrected chi connectivity index (χ2v) is 6.25. The maximum atomic E-state index is 12.8. The highest BCUT2D eigenvalue weighted by atomic mass is 35.5. The summed E-state index contributed by atoms with van der Waals surface area (Å²) in [5.41, 5.74) is 8.87. The normalized spacial score (nSPS) is 16.1. The second kappa shape index (κ2) is 4.78. The summed E-state index contributed by atoms with van der Waals surface area (Å²) >= 11 is 6.24. The monoisotopic (exact) mass is 300 g/mol. The van der Waals surface area contributed by atoms with E-state index in [4.69, 9.17) is 17.3 Å². The van der Waals surface area contributed by atoms with Crippen LogP contribution < -0.4 is 10.6 Å². The molecule has 0 saturated carbocycles. The minimum atomic E-state index is -0.521. The van der Waals surface area contributed by atoms with E-state index >= 15 is 0 Å². The van der Waals surface area contributed by atoms with Gasteiger partial charge in [-0.05, 0) is 37.6 Å². The molecule has 2 aromatic carbocycles. The molecule has 0 saturated heterocycles. The minimum absolute atomic E-state index is 0.0722. The Morgan fingerprint density at radius 1 is 1.14 bits per heavy atom. The van der Waals surface area contributed by atoms with Crippen molar-refractivity contribution in [1.82, 2.24) is 0 Å². The van der Waals surface area contributed by atoms with Crippen LogP contribution in [0.2, 0.25) is 5.02 Å².